The lowest BCUT2D eigenvalue weighted by atomic mass is 9.99. The summed E-state index contributed by atoms with van der Waals surface area (Å²) in [4.78, 5) is 11.3. The molecule has 0 fully saturated rings. The van der Waals surface area contributed by atoms with Gasteiger partial charge in [-0.2, -0.15) is 4.31 Å². The standard InChI is InChI=1S/C23H23BrN2O3S/c1-17(27)25-16-18-12-14-20(15-13-18)30(28,29)26(2)23(19-8-4-3-5-9-19)21-10-6-7-11-22(21)24/h3-15,23H,16H2,1-2H3,(H,25,27). The van der Waals surface area contributed by atoms with Crippen molar-refractivity contribution in [2.45, 2.75) is 24.4 Å². The number of carbonyl (C=O) groups is 1. The van der Waals surface area contributed by atoms with E-state index in [1.165, 1.54) is 11.2 Å². The van der Waals surface area contributed by atoms with Crippen molar-refractivity contribution in [3.05, 3.63) is 100 Å². The van der Waals surface area contributed by atoms with Crippen molar-refractivity contribution < 1.29 is 13.2 Å². The molecular formula is C23H23BrN2O3S. The molecule has 0 saturated heterocycles. The second kappa shape index (κ2) is 9.55. The van der Waals surface area contributed by atoms with Gasteiger partial charge in [0.25, 0.3) is 0 Å². The van der Waals surface area contributed by atoms with E-state index >= 15 is 0 Å². The quantitative estimate of drug-likeness (QED) is 0.534. The predicted molar refractivity (Wildman–Crippen MR) is 121 cm³/mol. The number of hydrogen-bond donors (Lipinski definition) is 1. The smallest absolute Gasteiger partial charge is 0.243 e. The van der Waals surface area contributed by atoms with E-state index in [2.05, 4.69) is 21.2 Å². The minimum atomic E-state index is -3.77. The van der Waals surface area contributed by atoms with Gasteiger partial charge in [0.1, 0.15) is 0 Å². The monoisotopic (exact) mass is 486 g/mol. The number of nitrogens with one attached hydrogen (secondary N) is 1. The second-order valence-electron chi connectivity index (χ2n) is 6.91. The number of benzene rings is 3. The zero-order chi connectivity index (χ0) is 21.7. The van der Waals surface area contributed by atoms with E-state index in [-0.39, 0.29) is 10.8 Å². The van der Waals surface area contributed by atoms with E-state index in [1.54, 1.807) is 31.3 Å². The lowest BCUT2D eigenvalue weighted by Gasteiger charge is -2.29. The van der Waals surface area contributed by atoms with Gasteiger partial charge in [0.2, 0.25) is 15.9 Å². The molecule has 1 unspecified atom stereocenters. The van der Waals surface area contributed by atoms with Gasteiger partial charge in [0.15, 0.2) is 0 Å². The van der Waals surface area contributed by atoms with Crippen LogP contribution in [0.4, 0.5) is 0 Å². The van der Waals surface area contributed by atoms with Crippen molar-refractivity contribution in [2.75, 3.05) is 7.05 Å². The zero-order valence-electron chi connectivity index (χ0n) is 16.7. The van der Waals surface area contributed by atoms with Gasteiger partial charge >= 0.3 is 0 Å². The third kappa shape index (κ3) is 4.98. The van der Waals surface area contributed by atoms with Crippen LogP contribution in [0.3, 0.4) is 0 Å². The fraction of sp³-hybridized carbons (Fsp3) is 0.174. The van der Waals surface area contributed by atoms with Gasteiger partial charge in [-0.05, 0) is 34.9 Å². The van der Waals surface area contributed by atoms with Gasteiger partial charge in [-0.1, -0.05) is 76.6 Å². The molecule has 1 atom stereocenters. The van der Waals surface area contributed by atoms with Crippen LogP contribution < -0.4 is 5.32 Å². The molecule has 0 bridgehead atoms. The molecule has 0 spiro atoms. The van der Waals surface area contributed by atoms with Gasteiger partial charge in [-0.15, -0.1) is 0 Å². The first kappa shape index (κ1) is 22.2. The van der Waals surface area contributed by atoms with Crippen LogP contribution in [0.25, 0.3) is 0 Å². The number of amides is 1. The average Bonchev–Trinajstić information content (AvgIpc) is 2.75. The molecule has 0 aliphatic heterocycles. The second-order valence-corrected chi connectivity index (χ2v) is 9.76. The van der Waals surface area contributed by atoms with Gasteiger partial charge in [0, 0.05) is 25.0 Å². The summed E-state index contributed by atoms with van der Waals surface area (Å²) in [5.41, 5.74) is 2.56. The molecular weight excluding hydrogens is 464 g/mol. The summed E-state index contributed by atoms with van der Waals surface area (Å²) >= 11 is 3.57. The highest BCUT2D eigenvalue weighted by Gasteiger charge is 2.31. The Bertz CT molecular complexity index is 1120. The Morgan fingerprint density at radius 3 is 2.17 bits per heavy atom. The van der Waals surface area contributed by atoms with Crippen LogP contribution in [0.1, 0.15) is 29.7 Å². The summed E-state index contributed by atoms with van der Waals surface area (Å²) in [5, 5.41) is 2.71. The largest absolute Gasteiger partial charge is 0.352 e. The highest BCUT2D eigenvalue weighted by atomic mass is 79.9. The van der Waals surface area contributed by atoms with Gasteiger partial charge in [0.05, 0.1) is 10.9 Å². The summed E-state index contributed by atoms with van der Waals surface area (Å²) in [6.07, 6.45) is 0. The molecule has 0 aliphatic rings. The van der Waals surface area contributed by atoms with Crippen molar-refractivity contribution in [3.63, 3.8) is 0 Å². The minimum absolute atomic E-state index is 0.134. The maximum absolute atomic E-state index is 13.4. The van der Waals surface area contributed by atoms with Crippen LogP contribution in [-0.2, 0) is 21.4 Å². The number of nitrogens with zero attached hydrogens (tertiary/aromatic N) is 1. The topological polar surface area (TPSA) is 66.5 Å². The number of hydrogen-bond acceptors (Lipinski definition) is 3. The Morgan fingerprint density at radius 2 is 1.57 bits per heavy atom. The van der Waals surface area contributed by atoms with E-state index in [0.717, 1.165) is 21.2 Å². The Kier molecular flexibility index (Phi) is 7.07. The first-order valence-electron chi connectivity index (χ1n) is 9.41. The first-order valence-corrected chi connectivity index (χ1v) is 11.6. The Balaban J connectivity index is 1.98. The van der Waals surface area contributed by atoms with Crippen LogP contribution in [0.2, 0.25) is 0 Å². The van der Waals surface area contributed by atoms with E-state index < -0.39 is 16.1 Å². The number of carbonyl (C=O) groups excluding carboxylic acids is 1. The third-order valence-corrected chi connectivity index (χ3v) is 7.38. The number of sulfonamides is 1. The van der Waals surface area contributed by atoms with Crippen molar-refractivity contribution in [1.29, 1.82) is 0 Å². The SMILES string of the molecule is CC(=O)NCc1ccc(S(=O)(=O)N(C)C(c2ccccc2)c2ccccc2Br)cc1. The summed E-state index contributed by atoms with van der Waals surface area (Å²) in [6, 6.07) is 23.3. The fourth-order valence-electron chi connectivity index (χ4n) is 3.23. The lowest BCUT2D eigenvalue weighted by Crippen LogP contribution is -2.32. The van der Waals surface area contributed by atoms with Gasteiger partial charge in [-0.3, -0.25) is 4.79 Å². The molecule has 3 aromatic carbocycles. The normalized spacial score (nSPS) is 12.5. The molecule has 0 aliphatic carbocycles. The van der Waals surface area contributed by atoms with Crippen LogP contribution in [0, 0.1) is 0 Å². The number of rotatable bonds is 7. The lowest BCUT2D eigenvalue weighted by molar-refractivity contribution is -0.119. The van der Waals surface area contributed by atoms with E-state index in [0.29, 0.717) is 6.54 Å². The molecule has 3 rings (SSSR count). The molecule has 0 heterocycles. The summed E-state index contributed by atoms with van der Waals surface area (Å²) in [6.45, 7) is 1.80. The maximum atomic E-state index is 13.4. The van der Waals surface area contributed by atoms with Crippen molar-refractivity contribution in [2.24, 2.45) is 0 Å². The van der Waals surface area contributed by atoms with Gasteiger partial charge < -0.3 is 5.32 Å². The minimum Gasteiger partial charge on any atom is -0.352 e. The average molecular weight is 487 g/mol. The highest BCUT2D eigenvalue weighted by Crippen LogP contribution is 2.35. The molecule has 5 nitrogen and oxygen atoms in total. The Morgan fingerprint density at radius 1 is 0.967 bits per heavy atom. The molecule has 1 amide bonds. The van der Waals surface area contributed by atoms with Crippen LogP contribution in [0.15, 0.2) is 88.2 Å². The molecule has 0 aromatic heterocycles. The van der Waals surface area contributed by atoms with Crippen molar-refractivity contribution >= 4 is 31.9 Å². The molecule has 0 saturated carbocycles. The highest BCUT2D eigenvalue weighted by molar-refractivity contribution is 9.10. The molecule has 7 heteroatoms. The molecule has 3 aromatic rings. The fourth-order valence-corrected chi connectivity index (χ4v) is 5.06. The zero-order valence-corrected chi connectivity index (χ0v) is 19.2. The predicted octanol–water partition coefficient (Wildman–Crippen LogP) is 4.50. The van der Waals surface area contributed by atoms with Crippen LogP contribution in [-0.4, -0.2) is 25.7 Å². The van der Waals surface area contributed by atoms with Crippen molar-refractivity contribution in [3.8, 4) is 0 Å². The van der Waals surface area contributed by atoms with E-state index in [1.807, 2.05) is 54.6 Å². The molecule has 30 heavy (non-hydrogen) atoms. The number of halogens is 1. The first-order chi connectivity index (χ1) is 14.3. The third-order valence-electron chi connectivity index (χ3n) is 4.82. The molecule has 156 valence electrons. The van der Waals surface area contributed by atoms with Gasteiger partial charge in [-0.25, -0.2) is 8.42 Å². The van der Waals surface area contributed by atoms with Crippen LogP contribution in [0.5, 0.6) is 0 Å². The van der Waals surface area contributed by atoms with Crippen molar-refractivity contribution in [1.82, 2.24) is 9.62 Å². The van der Waals surface area contributed by atoms with E-state index in [4.69, 9.17) is 0 Å². The molecule has 0 radical (unpaired) electrons. The van der Waals surface area contributed by atoms with Crippen LogP contribution >= 0.6 is 15.9 Å². The summed E-state index contributed by atoms with van der Waals surface area (Å²) in [7, 11) is -2.18. The Labute approximate surface area is 185 Å². The summed E-state index contributed by atoms with van der Waals surface area (Å²) < 4.78 is 29.1. The maximum Gasteiger partial charge on any atom is 0.243 e. The Hall–Kier alpha value is -2.48. The molecule has 1 N–H and O–H groups in total. The van der Waals surface area contributed by atoms with E-state index in [9.17, 15) is 13.2 Å². The summed E-state index contributed by atoms with van der Waals surface area (Å²) in [5.74, 6) is -0.134.